The number of nitro groups is 1. The largest absolute Gasteiger partial charge is 0.466 e. The smallest absolute Gasteiger partial charge is 0.361 e. The van der Waals surface area contributed by atoms with E-state index in [0.717, 1.165) is 0 Å². The molecule has 2 aliphatic heterocycles. The van der Waals surface area contributed by atoms with Crippen molar-refractivity contribution in [2.45, 2.75) is 58.7 Å². The van der Waals surface area contributed by atoms with Gasteiger partial charge in [0.1, 0.15) is 11.2 Å². The molecule has 31 heavy (non-hydrogen) atoms. The fourth-order valence-electron chi connectivity index (χ4n) is 3.81. The second-order valence-electron chi connectivity index (χ2n) is 8.65. The Balaban J connectivity index is 2.28. The number of dihydropyridines is 1. The van der Waals surface area contributed by atoms with Crippen molar-refractivity contribution in [1.82, 2.24) is 5.32 Å². The van der Waals surface area contributed by atoms with Gasteiger partial charge in [-0.1, -0.05) is 12.1 Å². The van der Waals surface area contributed by atoms with Crippen LogP contribution in [-0.2, 0) is 23.1 Å². The Labute approximate surface area is 181 Å². The zero-order chi connectivity index (χ0) is 23.4. The lowest BCUT2D eigenvalue weighted by Gasteiger charge is -2.33. The molecule has 1 aromatic rings. The maximum absolute atomic E-state index is 14.1. The fourth-order valence-corrected chi connectivity index (χ4v) is 6.74. The van der Waals surface area contributed by atoms with Gasteiger partial charge >= 0.3 is 13.6 Å². The van der Waals surface area contributed by atoms with Crippen LogP contribution in [0.25, 0.3) is 0 Å². The van der Waals surface area contributed by atoms with E-state index in [1.165, 1.54) is 25.3 Å². The number of carbonyl (C=O) groups is 1. The Morgan fingerprint density at radius 3 is 2.26 bits per heavy atom. The van der Waals surface area contributed by atoms with Crippen molar-refractivity contribution < 1.29 is 28.1 Å². The quantitative estimate of drug-likeness (QED) is 0.302. The standard InChI is InChI=1S/C21H27N2O7P/c1-12-16(19(24)28-7)17(14-9-8-10-15(11-14)23(25)26)18(13(2)22-12)31(27)29-20(3,4)21(5,6)30-31/h8-11,17,22H,1-7H3. The minimum Gasteiger partial charge on any atom is -0.466 e. The maximum atomic E-state index is 14.1. The zero-order valence-electron chi connectivity index (χ0n) is 18.6. The molecule has 168 valence electrons. The number of nitrogens with one attached hydrogen (secondary N) is 1. The van der Waals surface area contributed by atoms with Crippen LogP contribution in [0, 0.1) is 10.1 Å². The van der Waals surface area contributed by atoms with Gasteiger partial charge < -0.3 is 10.1 Å². The topological polar surface area (TPSA) is 117 Å². The number of ether oxygens (including phenoxy) is 1. The predicted octanol–water partition coefficient (Wildman–Crippen LogP) is 4.76. The summed E-state index contributed by atoms with van der Waals surface area (Å²) in [6.07, 6.45) is 0. The molecule has 0 bridgehead atoms. The van der Waals surface area contributed by atoms with E-state index in [2.05, 4.69) is 5.32 Å². The fraction of sp³-hybridized carbons (Fsp3) is 0.476. The van der Waals surface area contributed by atoms with Crippen LogP contribution in [0.15, 0.2) is 46.5 Å². The number of esters is 1. The van der Waals surface area contributed by atoms with Crippen molar-refractivity contribution in [3.05, 3.63) is 62.2 Å². The Bertz CT molecular complexity index is 1050. The molecule has 0 aliphatic carbocycles. The van der Waals surface area contributed by atoms with E-state index < -0.39 is 35.6 Å². The normalized spacial score (nSPS) is 24.0. The highest BCUT2D eigenvalue weighted by Gasteiger charge is 2.59. The Morgan fingerprint density at radius 2 is 1.74 bits per heavy atom. The number of hydrogen-bond donors (Lipinski definition) is 1. The molecule has 0 radical (unpaired) electrons. The van der Waals surface area contributed by atoms with Crippen LogP contribution in [0.2, 0.25) is 0 Å². The molecule has 1 N–H and O–H groups in total. The van der Waals surface area contributed by atoms with Crippen molar-refractivity contribution in [2.24, 2.45) is 0 Å². The van der Waals surface area contributed by atoms with Crippen LogP contribution in [-0.4, -0.2) is 29.2 Å². The molecule has 9 nitrogen and oxygen atoms in total. The number of nitro benzene ring substituents is 1. The number of carbonyl (C=O) groups excluding carboxylic acids is 1. The maximum Gasteiger partial charge on any atom is 0.361 e. The minimum atomic E-state index is -3.91. The summed E-state index contributed by atoms with van der Waals surface area (Å²) in [5, 5.41) is 14.7. The summed E-state index contributed by atoms with van der Waals surface area (Å²) >= 11 is 0. The van der Waals surface area contributed by atoms with Crippen molar-refractivity contribution in [3.63, 3.8) is 0 Å². The number of methoxy groups -OCH3 is 1. The number of hydrogen-bond acceptors (Lipinski definition) is 8. The van der Waals surface area contributed by atoms with Gasteiger partial charge in [0.2, 0.25) is 0 Å². The lowest BCUT2D eigenvalue weighted by atomic mass is 9.86. The van der Waals surface area contributed by atoms with E-state index in [0.29, 0.717) is 17.0 Å². The lowest BCUT2D eigenvalue weighted by molar-refractivity contribution is -0.384. The number of benzene rings is 1. The first-order chi connectivity index (χ1) is 14.2. The van der Waals surface area contributed by atoms with E-state index in [1.54, 1.807) is 47.6 Å². The molecule has 1 saturated heterocycles. The first kappa shape index (κ1) is 23.2. The molecule has 3 rings (SSSR count). The lowest BCUT2D eigenvalue weighted by Crippen LogP contribution is -2.41. The van der Waals surface area contributed by atoms with Crippen LogP contribution < -0.4 is 5.32 Å². The molecule has 2 heterocycles. The minimum absolute atomic E-state index is 0.151. The van der Waals surface area contributed by atoms with Crippen LogP contribution in [0.5, 0.6) is 0 Å². The summed E-state index contributed by atoms with van der Waals surface area (Å²) in [5.74, 6) is -1.56. The highest BCUT2D eigenvalue weighted by atomic mass is 31.2. The van der Waals surface area contributed by atoms with Gasteiger partial charge in [-0.3, -0.25) is 23.7 Å². The first-order valence-electron chi connectivity index (χ1n) is 9.77. The monoisotopic (exact) mass is 450 g/mol. The molecule has 0 saturated carbocycles. The summed E-state index contributed by atoms with van der Waals surface area (Å²) in [6.45, 7) is 10.5. The van der Waals surface area contributed by atoms with Crippen LogP contribution >= 0.6 is 7.60 Å². The summed E-state index contributed by atoms with van der Waals surface area (Å²) in [4.78, 5) is 23.6. The van der Waals surface area contributed by atoms with Crippen molar-refractivity contribution in [1.29, 1.82) is 0 Å². The molecule has 0 amide bonds. The first-order valence-corrected chi connectivity index (χ1v) is 11.3. The van der Waals surface area contributed by atoms with Gasteiger partial charge in [-0.15, -0.1) is 0 Å². The summed E-state index contributed by atoms with van der Waals surface area (Å²) in [5.41, 5.74) is -0.326. The van der Waals surface area contributed by atoms with Crippen LogP contribution in [0.3, 0.4) is 0 Å². The molecule has 1 fully saturated rings. The third-order valence-electron chi connectivity index (χ3n) is 5.99. The highest BCUT2D eigenvalue weighted by molar-refractivity contribution is 7.59. The predicted molar refractivity (Wildman–Crippen MR) is 114 cm³/mol. The van der Waals surface area contributed by atoms with Crippen molar-refractivity contribution >= 4 is 19.3 Å². The second-order valence-corrected chi connectivity index (χ2v) is 10.5. The van der Waals surface area contributed by atoms with E-state index in [-0.39, 0.29) is 16.6 Å². The SMILES string of the molecule is COC(=O)C1=C(C)NC(C)=C(P2(=O)OC(C)(C)C(C)(C)O2)C1c1cccc([N+](=O)[O-])c1. The summed E-state index contributed by atoms with van der Waals surface area (Å²) < 4.78 is 31.1. The second kappa shape index (κ2) is 7.58. The molecular weight excluding hydrogens is 423 g/mol. The number of nitrogens with zero attached hydrogens (tertiary/aromatic N) is 1. The molecule has 0 aromatic heterocycles. The molecule has 0 spiro atoms. The van der Waals surface area contributed by atoms with Gasteiger partial charge in [0.25, 0.3) is 5.69 Å². The molecular formula is C21H27N2O7P. The van der Waals surface area contributed by atoms with E-state index in [9.17, 15) is 19.5 Å². The Hall–Kier alpha value is -2.48. The Kier molecular flexibility index (Phi) is 5.67. The van der Waals surface area contributed by atoms with E-state index in [1.807, 2.05) is 0 Å². The molecule has 1 aromatic carbocycles. The summed E-state index contributed by atoms with van der Waals surface area (Å²) in [7, 11) is -2.67. The third-order valence-corrected chi connectivity index (χ3v) is 8.56. The van der Waals surface area contributed by atoms with E-state index in [4.69, 9.17) is 13.8 Å². The summed E-state index contributed by atoms with van der Waals surface area (Å²) in [6, 6.07) is 5.88. The molecule has 2 aliphatic rings. The molecule has 10 heteroatoms. The van der Waals surface area contributed by atoms with Gasteiger partial charge in [-0.05, 0) is 47.1 Å². The molecule has 1 atom stereocenters. The number of allylic oxidation sites excluding steroid dienone is 3. The average molecular weight is 450 g/mol. The number of non-ortho nitro benzene ring substituents is 1. The van der Waals surface area contributed by atoms with Crippen LogP contribution in [0.4, 0.5) is 5.69 Å². The van der Waals surface area contributed by atoms with E-state index >= 15 is 0 Å². The van der Waals surface area contributed by atoms with Gasteiger partial charge in [-0.2, -0.15) is 0 Å². The van der Waals surface area contributed by atoms with Crippen molar-refractivity contribution in [2.75, 3.05) is 7.11 Å². The van der Waals surface area contributed by atoms with Gasteiger partial charge in [0.15, 0.2) is 0 Å². The Morgan fingerprint density at radius 1 is 1.16 bits per heavy atom. The van der Waals surface area contributed by atoms with Gasteiger partial charge in [0, 0.05) is 23.5 Å². The van der Waals surface area contributed by atoms with Gasteiger partial charge in [0.05, 0.1) is 28.8 Å². The average Bonchev–Trinajstić information content (AvgIpc) is 2.82. The number of rotatable bonds is 4. The third kappa shape index (κ3) is 3.82. The highest BCUT2D eigenvalue weighted by Crippen LogP contribution is 2.72. The zero-order valence-corrected chi connectivity index (χ0v) is 19.5. The van der Waals surface area contributed by atoms with Crippen LogP contribution in [0.1, 0.15) is 53.0 Å². The molecule has 1 unspecified atom stereocenters. The van der Waals surface area contributed by atoms with Crippen molar-refractivity contribution in [3.8, 4) is 0 Å². The van der Waals surface area contributed by atoms with Gasteiger partial charge in [-0.25, -0.2) is 4.79 Å².